The Hall–Kier alpha value is -0.880. The van der Waals surface area contributed by atoms with Crippen LogP contribution < -0.4 is 5.73 Å². The van der Waals surface area contributed by atoms with E-state index in [-0.39, 0.29) is 12.0 Å². The van der Waals surface area contributed by atoms with Crippen molar-refractivity contribution in [2.75, 3.05) is 6.61 Å². The van der Waals surface area contributed by atoms with Gasteiger partial charge in [-0.05, 0) is 57.0 Å². The van der Waals surface area contributed by atoms with Crippen molar-refractivity contribution in [3.8, 4) is 0 Å². The van der Waals surface area contributed by atoms with Crippen LogP contribution in [-0.4, -0.2) is 27.9 Å². The Labute approximate surface area is 122 Å². The maximum absolute atomic E-state index is 11.8. The Morgan fingerprint density at radius 2 is 2.16 bits per heavy atom. The van der Waals surface area contributed by atoms with Crippen LogP contribution in [0, 0.1) is 13.8 Å². The van der Waals surface area contributed by atoms with Gasteiger partial charge in [0.05, 0.1) is 28.5 Å². The zero-order valence-electron chi connectivity index (χ0n) is 12.2. The van der Waals surface area contributed by atoms with E-state index in [1.165, 1.54) is 0 Å². The molecule has 108 valence electrons. The number of hydrogen-bond donors (Lipinski definition) is 1. The molecule has 1 rings (SSSR count). The lowest BCUT2D eigenvalue weighted by Gasteiger charge is -2.26. The van der Waals surface area contributed by atoms with Gasteiger partial charge in [-0.25, -0.2) is 0 Å². The van der Waals surface area contributed by atoms with Crippen molar-refractivity contribution in [2.45, 2.75) is 52.6 Å². The van der Waals surface area contributed by atoms with Gasteiger partial charge in [0.1, 0.15) is 5.54 Å². The van der Waals surface area contributed by atoms with E-state index < -0.39 is 5.54 Å². The first-order valence-corrected chi connectivity index (χ1v) is 7.17. The molecule has 0 saturated carbocycles. The summed E-state index contributed by atoms with van der Waals surface area (Å²) in [6.07, 6.45) is 0.472. The average Bonchev–Trinajstić information content (AvgIpc) is 2.57. The molecule has 1 aromatic rings. The fourth-order valence-corrected chi connectivity index (χ4v) is 2.41. The molecule has 0 aliphatic carbocycles. The summed E-state index contributed by atoms with van der Waals surface area (Å²) in [5.74, 6) is -0.373. The molecule has 6 heteroatoms. The van der Waals surface area contributed by atoms with Crippen molar-refractivity contribution in [3.63, 3.8) is 0 Å². The number of ether oxygens (including phenoxy) is 1. The SMILES string of the molecule is CCOC(=O)C(C)(N)CC(C)n1nc(C)c(Br)c1C. The van der Waals surface area contributed by atoms with Crippen LogP contribution in [0.15, 0.2) is 4.47 Å². The minimum atomic E-state index is -1.01. The largest absolute Gasteiger partial charge is 0.465 e. The summed E-state index contributed by atoms with van der Waals surface area (Å²) >= 11 is 3.50. The number of carbonyl (C=O) groups excluding carboxylic acids is 1. The molecule has 0 amide bonds. The van der Waals surface area contributed by atoms with Gasteiger partial charge in [0, 0.05) is 0 Å². The standard InChI is InChI=1S/C13H22BrN3O2/c1-6-19-12(18)13(5,15)7-8(2)17-10(4)11(14)9(3)16-17/h8H,6-7,15H2,1-5H3. The minimum Gasteiger partial charge on any atom is -0.465 e. The van der Waals surface area contributed by atoms with Crippen molar-refractivity contribution < 1.29 is 9.53 Å². The van der Waals surface area contributed by atoms with Crippen molar-refractivity contribution in [3.05, 3.63) is 15.9 Å². The predicted molar refractivity (Wildman–Crippen MR) is 78.0 cm³/mol. The summed E-state index contributed by atoms with van der Waals surface area (Å²) in [5, 5.41) is 4.46. The van der Waals surface area contributed by atoms with E-state index in [4.69, 9.17) is 10.5 Å². The molecule has 0 saturated heterocycles. The third-order valence-electron chi connectivity index (χ3n) is 3.12. The van der Waals surface area contributed by atoms with Gasteiger partial charge in [-0.3, -0.25) is 9.48 Å². The van der Waals surface area contributed by atoms with Gasteiger partial charge >= 0.3 is 5.97 Å². The molecule has 19 heavy (non-hydrogen) atoms. The summed E-state index contributed by atoms with van der Waals surface area (Å²) in [4.78, 5) is 11.8. The second-order valence-electron chi connectivity index (χ2n) is 5.12. The molecule has 0 spiro atoms. The highest BCUT2D eigenvalue weighted by molar-refractivity contribution is 9.10. The number of rotatable bonds is 5. The number of esters is 1. The summed E-state index contributed by atoms with van der Waals surface area (Å²) in [5.41, 5.74) is 7.01. The van der Waals surface area contributed by atoms with Gasteiger partial charge in [0.25, 0.3) is 0 Å². The van der Waals surface area contributed by atoms with Crippen LogP contribution in [0.3, 0.4) is 0 Å². The molecule has 0 aromatic carbocycles. The maximum Gasteiger partial charge on any atom is 0.325 e. The van der Waals surface area contributed by atoms with Crippen molar-refractivity contribution in [1.82, 2.24) is 9.78 Å². The predicted octanol–water partition coefficient (Wildman–Crippen LogP) is 2.49. The molecule has 2 unspecified atom stereocenters. The Bertz CT molecular complexity index is 469. The number of aryl methyl sites for hydroxylation is 1. The molecule has 5 nitrogen and oxygen atoms in total. The zero-order valence-corrected chi connectivity index (χ0v) is 13.7. The third kappa shape index (κ3) is 3.57. The summed E-state index contributed by atoms with van der Waals surface area (Å²) in [7, 11) is 0. The fourth-order valence-electron chi connectivity index (χ4n) is 2.15. The molecule has 1 heterocycles. The monoisotopic (exact) mass is 331 g/mol. The number of aromatic nitrogens is 2. The van der Waals surface area contributed by atoms with Gasteiger partial charge < -0.3 is 10.5 Å². The first-order chi connectivity index (χ1) is 8.70. The lowest BCUT2D eigenvalue weighted by molar-refractivity contribution is -0.149. The third-order valence-corrected chi connectivity index (χ3v) is 4.26. The lowest BCUT2D eigenvalue weighted by Crippen LogP contribution is -2.47. The number of carbonyl (C=O) groups is 1. The zero-order chi connectivity index (χ0) is 14.8. The molecule has 2 N–H and O–H groups in total. The van der Waals surface area contributed by atoms with Crippen molar-refractivity contribution in [1.29, 1.82) is 0 Å². The number of halogens is 1. The van der Waals surface area contributed by atoms with E-state index in [9.17, 15) is 4.79 Å². The van der Waals surface area contributed by atoms with E-state index in [1.807, 2.05) is 25.5 Å². The molecule has 0 bridgehead atoms. The molecule has 0 fully saturated rings. The van der Waals surface area contributed by atoms with E-state index in [2.05, 4.69) is 21.0 Å². The number of nitrogens with two attached hydrogens (primary N) is 1. The Kier molecular flexibility index (Phi) is 5.15. The minimum absolute atomic E-state index is 0.0180. The van der Waals surface area contributed by atoms with E-state index in [0.29, 0.717) is 13.0 Å². The van der Waals surface area contributed by atoms with Gasteiger partial charge in [-0.2, -0.15) is 5.10 Å². The Morgan fingerprint density at radius 1 is 1.58 bits per heavy atom. The number of nitrogens with zero attached hydrogens (tertiary/aromatic N) is 2. The molecule has 0 aliphatic heterocycles. The summed E-state index contributed by atoms with van der Waals surface area (Å²) in [6.45, 7) is 9.73. The molecule has 0 radical (unpaired) electrons. The Morgan fingerprint density at radius 3 is 2.58 bits per heavy atom. The number of hydrogen-bond acceptors (Lipinski definition) is 4. The highest BCUT2D eigenvalue weighted by atomic mass is 79.9. The van der Waals surface area contributed by atoms with E-state index in [0.717, 1.165) is 15.9 Å². The topological polar surface area (TPSA) is 70.1 Å². The molecule has 1 aromatic heterocycles. The average molecular weight is 332 g/mol. The smallest absolute Gasteiger partial charge is 0.325 e. The second-order valence-corrected chi connectivity index (χ2v) is 5.91. The fraction of sp³-hybridized carbons (Fsp3) is 0.692. The van der Waals surface area contributed by atoms with E-state index >= 15 is 0 Å². The van der Waals surface area contributed by atoms with Crippen LogP contribution in [0.5, 0.6) is 0 Å². The quantitative estimate of drug-likeness (QED) is 0.841. The van der Waals surface area contributed by atoms with Gasteiger partial charge in [0.15, 0.2) is 0 Å². The van der Waals surface area contributed by atoms with Crippen LogP contribution in [0.2, 0.25) is 0 Å². The van der Waals surface area contributed by atoms with Crippen LogP contribution >= 0.6 is 15.9 Å². The summed E-state index contributed by atoms with van der Waals surface area (Å²) < 4.78 is 7.89. The molecule has 0 aliphatic rings. The van der Waals surface area contributed by atoms with Crippen molar-refractivity contribution >= 4 is 21.9 Å². The van der Waals surface area contributed by atoms with Crippen LogP contribution in [0.4, 0.5) is 0 Å². The van der Waals surface area contributed by atoms with Gasteiger partial charge in [-0.15, -0.1) is 0 Å². The van der Waals surface area contributed by atoms with Crippen LogP contribution in [-0.2, 0) is 9.53 Å². The summed E-state index contributed by atoms with van der Waals surface area (Å²) in [6, 6.07) is 0.0180. The highest BCUT2D eigenvalue weighted by Gasteiger charge is 2.33. The van der Waals surface area contributed by atoms with E-state index in [1.54, 1.807) is 13.8 Å². The highest BCUT2D eigenvalue weighted by Crippen LogP contribution is 2.26. The first kappa shape index (κ1) is 16.2. The van der Waals surface area contributed by atoms with Gasteiger partial charge in [-0.1, -0.05) is 0 Å². The maximum atomic E-state index is 11.8. The van der Waals surface area contributed by atoms with Gasteiger partial charge in [0.2, 0.25) is 0 Å². The molecular formula is C13H22BrN3O2. The normalized spacial score (nSPS) is 15.9. The molecule has 2 atom stereocenters. The second kappa shape index (κ2) is 6.05. The first-order valence-electron chi connectivity index (χ1n) is 6.38. The Balaban J connectivity index is 2.87. The van der Waals surface area contributed by atoms with Crippen molar-refractivity contribution in [2.24, 2.45) is 5.73 Å². The van der Waals surface area contributed by atoms with Crippen LogP contribution in [0.25, 0.3) is 0 Å². The lowest BCUT2D eigenvalue weighted by atomic mass is 9.95. The molecular weight excluding hydrogens is 310 g/mol. The van der Waals surface area contributed by atoms with Crippen LogP contribution in [0.1, 0.15) is 44.6 Å².